The van der Waals surface area contributed by atoms with Gasteiger partial charge in [0.05, 0.1) is 24.5 Å². The molecule has 0 saturated heterocycles. The predicted molar refractivity (Wildman–Crippen MR) is 84.9 cm³/mol. The van der Waals surface area contributed by atoms with Gasteiger partial charge >= 0.3 is 12.1 Å². The molecule has 0 N–H and O–H groups in total. The van der Waals surface area contributed by atoms with Crippen molar-refractivity contribution >= 4 is 17.5 Å². The molecule has 2 atom stereocenters. The van der Waals surface area contributed by atoms with E-state index in [2.05, 4.69) is 0 Å². The Labute approximate surface area is 144 Å². The number of Topliss-reactive ketones (excluding diaryl/α,β-unsaturated/α-hetero) is 2. The van der Waals surface area contributed by atoms with Crippen LogP contribution in [0, 0.1) is 5.92 Å². The third kappa shape index (κ3) is 5.41. The summed E-state index contributed by atoms with van der Waals surface area (Å²) in [4.78, 5) is 36.2. The summed E-state index contributed by atoms with van der Waals surface area (Å²) in [6.45, 7) is 4.33. The molecular formula is C18H21F3O4. The Morgan fingerprint density at radius 1 is 1.12 bits per heavy atom. The first kappa shape index (κ1) is 20.9. The fourth-order valence-corrected chi connectivity index (χ4v) is 2.76. The molecule has 25 heavy (non-hydrogen) atoms. The maximum atomic E-state index is 13.3. The highest BCUT2D eigenvalue weighted by Crippen LogP contribution is 2.39. The number of alkyl halides is 3. The van der Waals surface area contributed by atoms with Crippen molar-refractivity contribution < 1.29 is 32.3 Å². The molecule has 0 radical (unpaired) electrons. The molecule has 0 aliphatic rings. The van der Waals surface area contributed by atoms with Gasteiger partial charge in [0.2, 0.25) is 0 Å². The smallest absolute Gasteiger partial charge is 0.416 e. The monoisotopic (exact) mass is 358 g/mol. The SMILES string of the molecule is CCOC(=O)CC(C(C)=O)C(C(=O)CC)c1ccccc1C(F)(F)F. The van der Waals surface area contributed by atoms with Crippen LogP contribution in [-0.2, 0) is 25.3 Å². The quantitative estimate of drug-likeness (QED) is 0.661. The molecule has 7 heteroatoms. The molecule has 1 rings (SSSR count). The Hall–Kier alpha value is -2.18. The zero-order valence-corrected chi connectivity index (χ0v) is 14.4. The van der Waals surface area contributed by atoms with E-state index in [4.69, 9.17) is 4.74 Å². The van der Waals surface area contributed by atoms with Gasteiger partial charge in [0.15, 0.2) is 0 Å². The third-order valence-corrected chi connectivity index (χ3v) is 3.91. The largest absolute Gasteiger partial charge is 0.466 e. The normalized spacial score (nSPS) is 13.8. The fourth-order valence-electron chi connectivity index (χ4n) is 2.76. The van der Waals surface area contributed by atoms with E-state index in [0.29, 0.717) is 0 Å². The second-order valence-corrected chi connectivity index (χ2v) is 5.61. The summed E-state index contributed by atoms with van der Waals surface area (Å²) < 4.78 is 44.8. The van der Waals surface area contributed by atoms with Crippen LogP contribution in [-0.4, -0.2) is 24.1 Å². The number of ether oxygens (including phenoxy) is 1. The number of carbonyl (C=O) groups excluding carboxylic acids is 3. The van der Waals surface area contributed by atoms with E-state index in [1.54, 1.807) is 6.92 Å². The van der Waals surface area contributed by atoms with Crippen molar-refractivity contribution in [2.45, 2.75) is 45.7 Å². The molecule has 1 aromatic rings. The lowest BCUT2D eigenvalue weighted by Gasteiger charge is -2.26. The van der Waals surface area contributed by atoms with Crippen LogP contribution in [0.5, 0.6) is 0 Å². The predicted octanol–water partition coefficient (Wildman–Crippen LogP) is 3.93. The van der Waals surface area contributed by atoms with Gasteiger partial charge in [0.1, 0.15) is 11.6 Å². The first-order valence-electron chi connectivity index (χ1n) is 7.98. The van der Waals surface area contributed by atoms with E-state index < -0.39 is 47.5 Å². The van der Waals surface area contributed by atoms with Crippen LogP contribution in [0.3, 0.4) is 0 Å². The molecule has 0 aromatic heterocycles. The first-order chi connectivity index (χ1) is 11.6. The van der Waals surface area contributed by atoms with Crippen LogP contribution in [0.4, 0.5) is 13.2 Å². The molecule has 0 bridgehead atoms. The summed E-state index contributed by atoms with van der Waals surface area (Å²) in [5.74, 6) is -4.32. The van der Waals surface area contributed by atoms with Gasteiger partial charge in [-0.1, -0.05) is 25.1 Å². The van der Waals surface area contributed by atoms with Crippen molar-refractivity contribution in [3.8, 4) is 0 Å². The van der Waals surface area contributed by atoms with Gasteiger partial charge in [-0.25, -0.2) is 0 Å². The first-order valence-corrected chi connectivity index (χ1v) is 7.98. The van der Waals surface area contributed by atoms with Crippen LogP contribution in [0.15, 0.2) is 24.3 Å². The molecule has 0 saturated carbocycles. The average Bonchev–Trinajstić information content (AvgIpc) is 2.53. The van der Waals surface area contributed by atoms with Gasteiger partial charge in [0.25, 0.3) is 0 Å². The molecule has 0 amide bonds. The zero-order valence-electron chi connectivity index (χ0n) is 14.4. The Kier molecular flexibility index (Phi) is 7.33. The molecule has 2 unspecified atom stereocenters. The highest BCUT2D eigenvalue weighted by molar-refractivity contribution is 5.94. The lowest BCUT2D eigenvalue weighted by Crippen LogP contribution is -2.31. The van der Waals surface area contributed by atoms with E-state index in [9.17, 15) is 27.6 Å². The summed E-state index contributed by atoms with van der Waals surface area (Å²) in [6.07, 6.45) is -5.16. The summed E-state index contributed by atoms with van der Waals surface area (Å²) in [5.41, 5.74) is -1.26. The number of esters is 1. The molecule has 138 valence electrons. The Bertz CT molecular complexity index is 637. The molecule has 4 nitrogen and oxygen atoms in total. The summed E-state index contributed by atoms with van der Waals surface area (Å²) >= 11 is 0. The number of benzene rings is 1. The van der Waals surface area contributed by atoms with Crippen LogP contribution in [0.2, 0.25) is 0 Å². The van der Waals surface area contributed by atoms with Crippen molar-refractivity contribution in [2.24, 2.45) is 5.92 Å². The van der Waals surface area contributed by atoms with Gasteiger partial charge in [0, 0.05) is 12.3 Å². The Morgan fingerprint density at radius 2 is 1.72 bits per heavy atom. The fraction of sp³-hybridized carbons (Fsp3) is 0.500. The van der Waals surface area contributed by atoms with Crippen LogP contribution >= 0.6 is 0 Å². The van der Waals surface area contributed by atoms with E-state index in [1.807, 2.05) is 0 Å². The minimum atomic E-state index is -4.67. The van der Waals surface area contributed by atoms with E-state index in [0.717, 1.165) is 13.0 Å². The van der Waals surface area contributed by atoms with Gasteiger partial charge < -0.3 is 4.74 Å². The second kappa shape index (κ2) is 8.78. The van der Waals surface area contributed by atoms with Crippen molar-refractivity contribution in [1.29, 1.82) is 0 Å². The minimum absolute atomic E-state index is 0.0521. The van der Waals surface area contributed by atoms with Crippen molar-refractivity contribution in [3.05, 3.63) is 35.4 Å². The van der Waals surface area contributed by atoms with Crippen molar-refractivity contribution in [1.82, 2.24) is 0 Å². The van der Waals surface area contributed by atoms with E-state index in [1.165, 1.54) is 25.1 Å². The molecule has 0 spiro atoms. The number of halogens is 3. The van der Waals surface area contributed by atoms with Crippen LogP contribution < -0.4 is 0 Å². The zero-order chi connectivity index (χ0) is 19.2. The lowest BCUT2D eigenvalue weighted by molar-refractivity contribution is -0.146. The number of carbonyl (C=O) groups is 3. The summed E-state index contributed by atoms with van der Waals surface area (Å²) in [5, 5.41) is 0. The van der Waals surface area contributed by atoms with E-state index >= 15 is 0 Å². The van der Waals surface area contributed by atoms with Crippen molar-refractivity contribution in [2.75, 3.05) is 6.61 Å². The highest BCUT2D eigenvalue weighted by atomic mass is 19.4. The third-order valence-electron chi connectivity index (χ3n) is 3.91. The maximum absolute atomic E-state index is 13.3. The van der Waals surface area contributed by atoms with E-state index in [-0.39, 0.29) is 18.6 Å². The summed E-state index contributed by atoms with van der Waals surface area (Å²) in [7, 11) is 0. The molecular weight excluding hydrogens is 337 g/mol. The van der Waals surface area contributed by atoms with Crippen molar-refractivity contribution in [3.63, 3.8) is 0 Å². The maximum Gasteiger partial charge on any atom is 0.416 e. The molecule has 0 aliphatic heterocycles. The Morgan fingerprint density at radius 3 is 2.20 bits per heavy atom. The Balaban J connectivity index is 3.45. The molecule has 0 aliphatic carbocycles. The van der Waals surface area contributed by atoms with Crippen LogP contribution in [0.25, 0.3) is 0 Å². The minimum Gasteiger partial charge on any atom is -0.466 e. The number of ketones is 2. The average molecular weight is 358 g/mol. The number of hydrogen-bond donors (Lipinski definition) is 0. The lowest BCUT2D eigenvalue weighted by atomic mass is 9.76. The summed E-state index contributed by atoms with van der Waals surface area (Å²) in [6, 6.07) is 4.64. The molecule has 0 heterocycles. The van der Waals surface area contributed by atoms with Gasteiger partial charge in [-0.3, -0.25) is 14.4 Å². The molecule has 0 fully saturated rings. The number of rotatable bonds is 8. The molecule has 1 aromatic carbocycles. The highest BCUT2D eigenvalue weighted by Gasteiger charge is 2.41. The van der Waals surface area contributed by atoms with Gasteiger partial charge in [-0.15, -0.1) is 0 Å². The standard InChI is InChI=1S/C18H21F3O4/c1-4-15(23)17(13(11(3)22)10-16(24)25-5-2)12-8-6-7-9-14(12)18(19,20)21/h6-9,13,17H,4-5,10H2,1-3H3. The van der Waals surface area contributed by atoms with Gasteiger partial charge in [-0.05, 0) is 25.5 Å². The van der Waals surface area contributed by atoms with Gasteiger partial charge in [-0.2, -0.15) is 13.2 Å². The second-order valence-electron chi connectivity index (χ2n) is 5.61. The number of hydrogen-bond acceptors (Lipinski definition) is 4. The topological polar surface area (TPSA) is 60.4 Å². The van der Waals surface area contributed by atoms with Crippen LogP contribution in [0.1, 0.15) is 50.7 Å².